The maximum atomic E-state index is 13.7. The van der Waals surface area contributed by atoms with E-state index < -0.39 is 0 Å². The summed E-state index contributed by atoms with van der Waals surface area (Å²) in [6, 6.07) is 5.02. The highest BCUT2D eigenvalue weighted by Crippen LogP contribution is 2.16. The molecule has 0 fully saturated rings. The molecule has 0 saturated heterocycles. The third-order valence-electron chi connectivity index (χ3n) is 2.67. The first-order valence-corrected chi connectivity index (χ1v) is 7.02. The predicted octanol–water partition coefficient (Wildman–Crippen LogP) is 2.73. The van der Waals surface area contributed by atoms with Gasteiger partial charge in [0.2, 0.25) is 0 Å². The summed E-state index contributed by atoms with van der Waals surface area (Å²) in [5, 5.41) is 11.3. The van der Waals surface area contributed by atoms with Gasteiger partial charge in [-0.3, -0.25) is 0 Å². The van der Waals surface area contributed by atoms with Gasteiger partial charge in [-0.1, -0.05) is 34.1 Å². The molecule has 6 heteroatoms. The summed E-state index contributed by atoms with van der Waals surface area (Å²) in [7, 11) is 0. The lowest BCUT2D eigenvalue weighted by Gasteiger charge is -2.03. The molecule has 0 aliphatic carbocycles. The number of aromatic nitrogens is 3. The van der Waals surface area contributed by atoms with Crippen LogP contribution in [-0.2, 0) is 13.1 Å². The fraction of sp³-hybridized carbons (Fsp3) is 0.385. The standard InChI is InChI=1S/C13H16BrFN4/c1-2-5-16-7-12-9-19(18-17-12)8-10-3-4-11(14)6-13(10)15/h3-4,6,9,16H,2,5,7-8H2,1H3. The Morgan fingerprint density at radius 1 is 1.42 bits per heavy atom. The molecule has 0 aliphatic heterocycles. The van der Waals surface area contributed by atoms with E-state index in [9.17, 15) is 4.39 Å². The fourth-order valence-electron chi connectivity index (χ4n) is 1.71. The van der Waals surface area contributed by atoms with Crippen LogP contribution in [0.3, 0.4) is 0 Å². The maximum absolute atomic E-state index is 13.7. The first kappa shape index (κ1) is 14.1. The van der Waals surface area contributed by atoms with Gasteiger partial charge in [0, 0.05) is 16.6 Å². The topological polar surface area (TPSA) is 42.7 Å². The number of rotatable bonds is 6. The van der Waals surface area contributed by atoms with Gasteiger partial charge in [0.15, 0.2) is 0 Å². The number of nitrogens with zero attached hydrogens (tertiary/aromatic N) is 3. The number of halogens is 2. The van der Waals surface area contributed by atoms with Crippen LogP contribution in [-0.4, -0.2) is 21.5 Å². The normalized spacial score (nSPS) is 10.9. The first-order chi connectivity index (χ1) is 9.19. The van der Waals surface area contributed by atoms with Gasteiger partial charge in [0.25, 0.3) is 0 Å². The monoisotopic (exact) mass is 326 g/mol. The van der Waals surface area contributed by atoms with Crippen LogP contribution in [0.2, 0.25) is 0 Å². The van der Waals surface area contributed by atoms with E-state index in [0.717, 1.165) is 23.1 Å². The van der Waals surface area contributed by atoms with Crippen LogP contribution >= 0.6 is 15.9 Å². The highest BCUT2D eigenvalue weighted by molar-refractivity contribution is 9.10. The summed E-state index contributed by atoms with van der Waals surface area (Å²) >= 11 is 3.24. The van der Waals surface area contributed by atoms with E-state index in [1.54, 1.807) is 10.7 Å². The minimum atomic E-state index is -0.240. The summed E-state index contributed by atoms with van der Waals surface area (Å²) in [4.78, 5) is 0. The van der Waals surface area contributed by atoms with E-state index in [1.807, 2.05) is 12.3 Å². The zero-order valence-electron chi connectivity index (χ0n) is 10.7. The lowest BCUT2D eigenvalue weighted by atomic mass is 10.2. The zero-order chi connectivity index (χ0) is 13.7. The van der Waals surface area contributed by atoms with Crippen molar-refractivity contribution >= 4 is 15.9 Å². The molecule has 4 nitrogen and oxygen atoms in total. The van der Waals surface area contributed by atoms with Crippen molar-refractivity contribution < 1.29 is 4.39 Å². The molecular formula is C13H16BrFN4. The average Bonchev–Trinajstić information content (AvgIpc) is 2.81. The lowest BCUT2D eigenvalue weighted by Crippen LogP contribution is -2.13. The number of benzene rings is 1. The van der Waals surface area contributed by atoms with Gasteiger partial charge in [-0.25, -0.2) is 9.07 Å². The van der Waals surface area contributed by atoms with Gasteiger partial charge in [-0.2, -0.15) is 0 Å². The molecule has 1 aromatic carbocycles. The van der Waals surface area contributed by atoms with Crippen LogP contribution in [0.1, 0.15) is 24.6 Å². The van der Waals surface area contributed by atoms with Crippen molar-refractivity contribution in [3.05, 3.63) is 45.9 Å². The molecule has 102 valence electrons. The van der Waals surface area contributed by atoms with E-state index >= 15 is 0 Å². The van der Waals surface area contributed by atoms with E-state index in [-0.39, 0.29) is 5.82 Å². The smallest absolute Gasteiger partial charge is 0.129 e. The minimum absolute atomic E-state index is 0.240. The minimum Gasteiger partial charge on any atom is -0.311 e. The van der Waals surface area contributed by atoms with Crippen molar-refractivity contribution in [3.8, 4) is 0 Å². The second-order valence-corrected chi connectivity index (χ2v) is 5.24. The molecule has 0 aliphatic rings. The zero-order valence-corrected chi connectivity index (χ0v) is 12.3. The lowest BCUT2D eigenvalue weighted by molar-refractivity contribution is 0.576. The molecule has 1 heterocycles. The van der Waals surface area contributed by atoms with E-state index in [0.29, 0.717) is 18.7 Å². The molecule has 0 atom stereocenters. The Labute approximate surface area is 120 Å². The quantitative estimate of drug-likeness (QED) is 0.830. The highest BCUT2D eigenvalue weighted by Gasteiger charge is 2.06. The molecule has 0 saturated carbocycles. The van der Waals surface area contributed by atoms with E-state index in [4.69, 9.17) is 0 Å². The third-order valence-corrected chi connectivity index (χ3v) is 3.16. The van der Waals surface area contributed by atoms with Crippen LogP contribution in [0.5, 0.6) is 0 Å². The summed E-state index contributed by atoms with van der Waals surface area (Å²) < 4.78 is 16.1. The van der Waals surface area contributed by atoms with Crippen LogP contribution < -0.4 is 5.32 Å². The van der Waals surface area contributed by atoms with Crippen molar-refractivity contribution in [2.45, 2.75) is 26.4 Å². The van der Waals surface area contributed by atoms with Crippen LogP contribution in [0.25, 0.3) is 0 Å². The average molecular weight is 327 g/mol. The molecule has 2 aromatic rings. The highest BCUT2D eigenvalue weighted by atomic mass is 79.9. The second kappa shape index (κ2) is 6.77. The Morgan fingerprint density at radius 2 is 2.26 bits per heavy atom. The van der Waals surface area contributed by atoms with E-state index in [1.165, 1.54) is 6.07 Å². The summed E-state index contributed by atoms with van der Waals surface area (Å²) in [6.45, 7) is 4.14. The van der Waals surface area contributed by atoms with Crippen molar-refractivity contribution in [3.63, 3.8) is 0 Å². The van der Waals surface area contributed by atoms with Gasteiger partial charge in [-0.05, 0) is 25.1 Å². The molecule has 2 rings (SSSR count). The first-order valence-electron chi connectivity index (χ1n) is 6.22. The largest absolute Gasteiger partial charge is 0.311 e. The number of hydrogen-bond donors (Lipinski definition) is 1. The second-order valence-electron chi connectivity index (χ2n) is 4.32. The van der Waals surface area contributed by atoms with E-state index in [2.05, 4.69) is 38.5 Å². The Bertz CT molecular complexity index is 541. The van der Waals surface area contributed by atoms with Crippen molar-refractivity contribution in [2.24, 2.45) is 0 Å². The predicted molar refractivity (Wildman–Crippen MR) is 75.2 cm³/mol. The van der Waals surface area contributed by atoms with Crippen molar-refractivity contribution in [1.29, 1.82) is 0 Å². The summed E-state index contributed by atoms with van der Waals surface area (Å²) in [5.74, 6) is -0.240. The SMILES string of the molecule is CCCNCc1cn(Cc2ccc(Br)cc2F)nn1. The Kier molecular flexibility index (Phi) is 5.04. The molecular weight excluding hydrogens is 311 g/mol. The van der Waals surface area contributed by atoms with Gasteiger partial charge < -0.3 is 5.32 Å². The van der Waals surface area contributed by atoms with Crippen LogP contribution in [0.15, 0.2) is 28.9 Å². The third kappa shape index (κ3) is 4.11. The molecule has 0 amide bonds. The van der Waals surface area contributed by atoms with Crippen LogP contribution in [0.4, 0.5) is 4.39 Å². The summed E-state index contributed by atoms with van der Waals surface area (Å²) in [6.07, 6.45) is 2.92. The van der Waals surface area contributed by atoms with Gasteiger partial charge in [-0.15, -0.1) is 5.10 Å². The molecule has 1 aromatic heterocycles. The molecule has 0 radical (unpaired) electrons. The molecule has 1 N–H and O–H groups in total. The summed E-state index contributed by atoms with van der Waals surface area (Å²) in [5.41, 5.74) is 1.46. The molecule has 0 bridgehead atoms. The van der Waals surface area contributed by atoms with Gasteiger partial charge in [0.05, 0.1) is 18.4 Å². The Morgan fingerprint density at radius 3 is 3.00 bits per heavy atom. The molecule has 0 unspecified atom stereocenters. The molecule has 0 spiro atoms. The molecule has 19 heavy (non-hydrogen) atoms. The van der Waals surface area contributed by atoms with Crippen LogP contribution in [0, 0.1) is 5.82 Å². The van der Waals surface area contributed by atoms with Gasteiger partial charge in [0.1, 0.15) is 5.82 Å². The fourth-order valence-corrected chi connectivity index (χ4v) is 2.05. The number of hydrogen-bond acceptors (Lipinski definition) is 3. The van der Waals surface area contributed by atoms with Crippen molar-refractivity contribution in [2.75, 3.05) is 6.54 Å². The van der Waals surface area contributed by atoms with Crippen molar-refractivity contribution in [1.82, 2.24) is 20.3 Å². The number of nitrogens with one attached hydrogen (secondary N) is 1. The van der Waals surface area contributed by atoms with Gasteiger partial charge >= 0.3 is 0 Å². The maximum Gasteiger partial charge on any atom is 0.129 e. The Hall–Kier alpha value is -1.27. The Balaban J connectivity index is 1.99.